The summed E-state index contributed by atoms with van der Waals surface area (Å²) in [6.45, 7) is 4.57. The number of quaternary nitrogens is 1. The van der Waals surface area contributed by atoms with Gasteiger partial charge in [-0.2, -0.15) is 0 Å². The van der Waals surface area contributed by atoms with E-state index in [0.29, 0.717) is 19.3 Å². The predicted octanol–water partition coefficient (Wildman–Crippen LogP) is 7.79. The monoisotopic (exact) mass is 610 g/mol. The highest BCUT2D eigenvalue weighted by atomic mass is 16.6. The minimum absolute atomic E-state index is 0.0476. The maximum atomic E-state index is 12.5. The van der Waals surface area contributed by atoms with Crippen LogP contribution in [0.15, 0.2) is 24.3 Å². The van der Waals surface area contributed by atoms with Crippen molar-refractivity contribution in [2.24, 2.45) is 0 Å². The lowest BCUT2D eigenvalue weighted by Gasteiger charge is -2.31. The maximum Gasteiger partial charge on any atom is 0.362 e. The standard InChI is InChI=1S/C35H63NO7/c1-6-8-10-12-14-16-17-18-20-22-24-26-34(38)43-31(29-41-28-27-32(35(39)40)36(3,4)5)30-42-33(37)25-23-21-19-15-13-11-9-7-2/h12,14,19,21,31-32H,6-11,13,15-18,20,22-30H2,1-5H3/p+1/b14-12+,21-19+. The third-order valence-corrected chi connectivity index (χ3v) is 7.34. The summed E-state index contributed by atoms with van der Waals surface area (Å²) in [5.74, 6) is -1.55. The zero-order valence-electron chi connectivity index (χ0n) is 28.2. The van der Waals surface area contributed by atoms with Crippen LogP contribution in [0.3, 0.4) is 0 Å². The average Bonchev–Trinajstić information content (AvgIpc) is 2.94. The van der Waals surface area contributed by atoms with Gasteiger partial charge in [-0.3, -0.25) is 9.59 Å². The van der Waals surface area contributed by atoms with Gasteiger partial charge in [-0.1, -0.05) is 89.5 Å². The third-order valence-electron chi connectivity index (χ3n) is 7.34. The zero-order valence-corrected chi connectivity index (χ0v) is 28.2. The molecule has 0 spiro atoms. The van der Waals surface area contributed by atoms with Crippen LogP contribution in [-0.4, -0.2) is 80.6 Å². The second-order valence-corrected chi connectivity index (χ2v) is 12.4. The van der Waals surface area contributed by atoms with E-state index in [4.69, 9.17) is 14.2 Å². The minimum Gasteiger partial charge on any atom is -0.477 e. The lowest BCUT2D eigenvalue weighted by atomic mass is 10.1. The molecule has 43 heavy (non-hydrogen) atoms. The van der Waals surface area contributed by atoms with Crippen LogP contribution in [0.5, 0.6) is 0 Å². The van der Waals surface area contributed by atoms with Crippen LogP contribution in [0.1, 0.15) is 129 Å². The number of aliphatic carboxylic acids is 1. The van der Waals surface area contributed by atoms with E-state index >= 15 is 0 Å². The van der Waals surface area contributed by atoms with Crippen molar-refractivity contribution in [3.05, 3.63) is 24.3 Å². The Hall–Kier alpha value is -2.19. The van der Waals surface area contributed by atoms with E-state index in [2.05, 4.69) is 32.1 Å². The van der Waals surface area contributed by atoms with Gasteiger partial charge < -0.3 is 23.8 Å². The summed E-state index contributed by atoms with van der Waals surface area (Å²) in [5, 5.41) is 9.53. The molecule has 0 aliphatic carbocycles. The molecule has 0 amide bonds. The van der Waals surface area contributed by atoms with Crippen molar-refractivity contribution in [1.29, 1.82) is 0 Å². The molecule has 0 radical (unpaired) electrons. The van der Waals surface area contributed by atoms with Gasteiger partial charge in [0.25, 0.3) is 0 Å². The Kier molecular flexibility index (Phi) is 26.0. The number of esters is 2. The molecule has 2 atom stereocenters. The van der Waals surface area contributed by atoms with Gasteiger partial charge in [0, 0.05) is 19.3 Å². The molecule has 0 heterocycles. The molecule has 0 saturated carbocycles. The van der Waals surface area contributed by atoms with Gasteiger partial charge in [0.05, 0.1) is 34.4 Å². The number of allylic oxidation sites excluding steroid dienone is 4. The summed E-state index contributed by atoms with van der Waals surface area (Å²) in [4.78, 5) is 36.5. The van der Waals surface area contributed by atoms with Crippen molar-refractivity contribution >= 4 is 17.9 Å². The number of carboxylic acid groups (broad SMARTS) is 1. The van der Waals surface area contributed by atoms with Crippen LogP contribution in [0, 0.1) is 0 Å². The Morgan fingerprint density at radius 3 is 1.84 bits per heavy atom. The van der Waals surface area contributed by atoms with E-state index in [1.54, 1.807) is 0 Å². The minimum atomic E-state index is -0.883. The summed E-state index contributed by atoms with van der Waals surface area (Å²) >= 11 is 0. The van der Waals surface area contributed by atoms with Crippen LogP contribution in [0.2, 0.25) is 0 Å². The summed E-state index contributed by atoms with van der Waals surface area (Å²) < 4.78 is 17.0. The number of carbonyl (C=O) groups is 3. The third kappa shape index (κ3) is 26.0. The molecule has 0 aromatic heterocycles. The smallest absolute Gasteiger partial charge is 0.362 e. The van der Waals surface area contributed by atoms with Gasteiger partial charge in [-0.25, -0.2) is 4.79 Å². The Morgan fingerprint density at radius 1 is 0.674 bits per heavy atom. The molecular formula is C35H64NO7+. The summed E-state index contributed by atoms with van der Waals surface area (Å²) in [6, 6.07) is -0.615. The van der Waals surface area contributed by atoms with Crippen molar-refractivity contribution < 1.29 is 38.2 Å². The van der Waals surface area contributed by atoms with Crippen molar-refractivity contribution in [3.8, 4) is 0 Å². The molecule has 0 aromatic carbocycles. The first-order chi connectivity index (χ1) is 20.6. The van der Waals surface area contributed by atoms with Crippen LogP contribution in [-0.2, 0) is 28.6 Å². The lowest BCUT2D eigenvalue weighted by molar-refractivity contribution is -0.887. The second kappa shape index (κ2) is 27.4. The van der Waals surface area contributed by atoms with Crippen LogP contribution in [0.4, 0.5) is 0 Å². The Bertz CT molecular complexity index is 773. The molecule has 0 bridgehead atoms. The average molecular weight is 611 g/mol. The van der Waals surface area contributed by atoms with E-state index in [1.807, 2.05) is 27.2 Å². The van der Waals surface area contributed by atoms with Gasteiger partial charge in [-0.05, 0) is 44.9 Å². The fourth-order valence-corrected chi connectivity index (χ4v) is 4.62. The molecular weight excluding hydrogens is 546 g/mol. The van der Waals surface area contributed by atoms with Crippen LogP contribution < -0.4 is 0 Å². The number of hydrogen-bond donors (Lipinski definition) is 1. The number of unbranched alkanes of at least 4 members (excludes halogenated alkanes) is 11. The van der Waals surface area contributed by atoms with Crippen LogP contribution in [0.25, 0.3) is 0 Å². The molecule has 0 aliphatic rings. The second-order valence-electron chi connectivity index (χ2n) is 12.4. The SMILES string of the molecule is CCCC/C=C/CCCCCCCC(=O)OC(COCCC(C(=O)O)[N+](C)(C)C)COC(=O)CC/C=C/CCCCCC. The zero-order chi connectivity index (χ0) is 32.2. The molecule has 2 unspecified atom stereocenters. The number of rotatable bonds is 29. The number of carbonyl (C=O) groups excluding carboxylic acids is 2. The van der Waals surface area contributed by atoms with Crippen molar-refractivity contribution in [2.75, 3.05) is 41.0 Å². The molecule has 0 aliphatic heterocycles. The van der Waals surface area contributed by atoms with Gasteiger partial charge in [0.1, 0.15) is 6.61 Å². The van der Waals surface area contributed by atoms with Crippen LogP contribution >= 0.6 is 0 Å². The Balaban J connectivity index is 4.55. The van der Waals surface area contributed by atoms with E-state index < -0.39 is 18.1 Å². The lowest BCUT2D eigenvalue weighted by Crippen LogP contribution is -2.50. The fourth-order valence-electron chi connectivity index (χ4n) is 4.62. The van der Waals surface area contributed by atoms with Crippen molar-refractivity contribution in [1.82, 2.24) is 0 Å². The highest BCUT2D eigenvalue weighted by molar-refractivity contribution is 5.72. The van der Waals surface area contributed by atoms with Gasteiger partial charge in [-0.15, -0.1) is 0 Å². The Labute approximate surface area is 262 Å². The predicted molar refractivity (Wildman–Crippen MR) is 174 cm³/mol. The quantitative estimate of drug-likeness (QED) is 0.0399. The Morgan fingerprint density at radius 2 is 1.23 bits per heavy atom. The fraction of sp³-hybridized carbons (Fsp3) is 0.800. The normalized spacial score (nSPS) is 13.4. The summed E-state index contributed by atoms with van der Waals surface area (Å²) in [6.07, 6.45) is 25.3. The summed E-state index contributed by atoms with van der Waals surface area (Å²) in [7, 11) is 5.49. The summed E-state index contributed by atoms with van der Waals surface area (Å²) in [5.41, 5.74) is 0. The highest BCUT2D eigenvalue weighted by Crippen LogP contribution is 2.12. The molecule has 0 saturated heterocycles. The molecule has 8 heteroatoms. The molecule has 0 aromatic rings. The maximum absolute atomic E-state index is 12.5. The van der Waals surface area contributed by atoms with Gasteiger partial charge in [0.15, 0.2) is 12.1 Å². The van der Waals surface area contributed by atoms with Crippen molar-refractivity contribution in [3.63, 3.8) is 0 Å². The molecule has 0 fully saturated rings. The number of carboxylic acids is 1. The molecule has 0 rings (SSSR count). The van der Waals surface area contributed by atoms with E-state index in [1.165, 1.54) is 51.4 Å². The van der Waals surface area contributed by atoms with Crippen molar-refractivity contribution in [2.45, 2.75) is 142 Å². The van der Waals surface area contributed by atoms with Gasteiger partial charge in [0.2, 0.25) is 0 Å². The number of ether oxygens (including phenoxy) is 3. The largest absolute Gasteiger partial charge is 0.477 e. The number of nitrogens with zero attached hydrogens (tertiary/aromatic N) is 1. The topological polar surface area (TPSA) is 99.1 Å². The molecule has 8 nitrogen and oxygen atoms in total. The first kappa shape index (κ1) is 40.8. The highest BCUT2D eigenvalue weighted by Gasteiger charge is 2.31. The molecule has 1 N–H and O–H groups in total. The van der Waals surface area contributed by atoms with Gasteiger partial charge >= 0.3 is 17.9 Å². The van der Waals surface area contributed by atoms with E-state index in [0.717, 1.165) is 38.5 Å². The first-order valence-electron chi connectivity index (χ1n) is 16.9. The number of likely N-dealkylation sites (N-methyl/N-ethyl adjacent to an activating group) is 1. The first-order valence-corrected chi connectivity index (χ1v) is 16.9. The van der Waals surface area contributed by atoms with E-state index in [-0.39, 0.29) is 42.7 Å². The van der Waals surface area contributed by atoms with E-state index in [9.17, 15) is 19.5 Å². The number of hydrogen-bond acceptors (Lipinski definition) is 6. The molecule has 250 valence electrons.